The van der Waals surface area contributed by atoms with Gasteiger partial charge in [0.2, 0.25) is 5.91 Å². The van der Waals surface area contributed by atoms with Crippen molar-refractivity contribution in [2.75, 3.05) is 33.2 Å². The molecule has 0 N–H and O–H groups in total. The highest BCUT2D eigenvalue weighted by Crippen LogP contribution is 2.26. The van der Waals surface area contributed by atoms with Crippen LogP contribution in [-0.4, -0.2) is 55.1 Å². The minimum atomic E-state index is -4.53. The van der Waals surface area contributed by atoms with E-state index >= 15 is 0 Å². The molecule has 7 heteroatoms. The Morgan fingerprint density at radius 1 is 1.50 bits per heavy atom. The fourth-order valence-corrected chi connectivity index (χ4v) is 1.44. The summed E-state index contributed by atoms with van der Waals surface area (Å²) in [6.07, 6.45) is -4.53. The topological polar surface area (TPSA) is 47.3 Å². The van der Waals surface area contributed by atoms with Crippen molar-refractivity contribution in [2.45, 2.75) is 6.18 Å². The molecule has 1 rings (SSSR count). The molecule has 1 saturated heterocycles. The molecule has 0 bridgehead atoms. The SMILES string of the molecule is CN1CCN(CC(C#N)C(F)(F)F)CC1=O. The predicted octanol–water partition coefficient (Wildman–Crippen LogP) is 0.462. The Labute approximate surface area is 91.2 Å². The summed E-state index contributed by atoms with van der Waals surface area (Å²) in [7, 11) is 1.60. The highest BCUT2D eigenvalue weighted by Gasteiger charge is 2.41. The third-order valence-electron chi connectivity index (χ3n) is 2.53. The number of halogens is 3. The van der Waals surface area contributed by atoms with Crippen LogP contribution in [0.3, 0.4) is 0 Å². The van der Waals surface area contributed by atoms with Crippen molar-refractivity contribution in [2.24, 2.45) is 5.92 Å². The second kappa shape index (κ2) is 4.70. The van der Waals surface area contributed by atoms with Gasteiger partial charge in [0.15, 0.2) is 5.92 Å². The summed E-state index contributed by atoms with van der Waals surface area (Å²) in [5, 5.41) is 8.42. The van der Waals surface area contributed by atoms with Crippen LogP contribution in [0.25, 0.3) is 0 Å². The van der Waals surface area contributed by atoms with Crippen LogP contribution in [-0.2, 0) is 4.79 Å². The van der Waals surface area contributed by atoms with Crippen LogP contribution in [0.2, 0.25) is 0 Å². The molecule has 1 heterocycles. The Bertz CT molecular complexity index is 310. The van der Waals surface area contributed by atoms with Crippen molar-refractivity contribution >= 4 is 5.91 Å². The van der Waals surface area contributed by atoms with Gasteiger partial charge in [-0.15, -0.1) is 0 Å². The molecule has 0 saturated carbocycles. The number of hydrogen-bond acceptors (Lipinski definition) is 3. The molecule has 0 radical (unpaired) electrons. The maximum Gasteiger partial charge on any atom is 0.405 e. The Morgan fingerprint density at radius 3 is 2.56 bits per heavy atom. The fraction of sp³-hybridized carbons (Fsp3) is 0.778. The lowest BCUT2D eigenvalue weighted by atomic mass is 10.1. The molecule has 1 unspecified atom stereocenters. The number of alkyl halides is 3. The van der Waals surface area contributed by atoms with Gasteiger partial charge in [-0.1, -0.05) is 0 Å². The first-order valence-electron chi connectivity index (χ1n) is 4.77. The molecule has 1 aliphatic rings. The van der Waals surface area contributed by atoms with E-state index in [2.05, 4.69) is 0 Å². The van der Waals surface area contributed by atoms with Crippen molar-refractivity contribution in [1.82, 2.24) is 9.80 Å². The summed E-state index contributed by atoms with van der Waals surface area (Å²) >= 11 is 0. The molecule has 1 aliphatic heterocycles. The maximum absolute atomic E-state index is 12.3. The lowest BCUT2D eigenvalue weighted by Gasteiger charge is -2.33. The molecule has 1 fully saturated rings. The number of hydrogen-bond donors (Lipinski definition) is 0. The van der Waals surface area contributed by atoms with E-state index in [0.717, 1.165) is 0 Å². The zero-order valence-corrected chi connectivity index (χ0v) is 8.79. The van der Waals surface area contributed by atoms with Gasteiger partial charge in [0.05, 0.1) is 12.6 Å². The number of amides is 1. The van der Waals surface area contributed by atoms with Crippen LogP contribution in [0.1, 0.15) is 0 Å². The van der Waals surface area contributed by atoms with Crippen molar-refractivity contribution in [3.05, 3.63) is 0 Å². The highest BCUT2D eigenvalue weighted by molar-refractivity contribution is 5.78. The Morgan fingerprint density at radius 2 is 2.12 bits per heavy atom. The van der Waals surface area contributed by atoms with Crippen LogP contribution in [0.5, 0.6) is 0 Å². The first kappa shape index (κ1) is 12.8. The zero-order chi connectivity index (χ0) is 12.3. The predicted molar refractivity (Wildman–Crippen MR) is 49.2 cm³/mol. The largest absolute Gasteiger partial charge is 0.405 e. The zero-order valence-electron chi connectivity index (χ0n) is 8.79. The van der Waals surface area contributed by atoms with Gasteiger partial charge >= 0.3 is 6.18 Å². The third kappa shape index (κ3) is 3.10. The maximum atomic E-state index is 12.3. The summed E-state index contributed by atoms with van der Waals surface area (Å²) in [6.45, 7) is 0.287. The van der Waals surface area contributed by atoms with Crippen molar-refractivity contribution in [3.63, 3.8) is 0 Å². The van der Waals surface area contributed by atoms with Gasteiger partial charge < -0.3 is 4.90 Å². The van der Waals surface area contributed by atoms with Crippen LogP contribution >= 0.6 is 0 Å². The normalized spacial score (nSPS) is 20.7. The molecule has 0 spiro atoms. The van der Waals surface area contributed by atoms with E-state index in [1.807, 2.05) is 0 Å². The van der Waals surface area contributed by atoms with E-state index in [4.69, 9.17) is 5.26 Å². The number of nitriles is 1. The van der Waals surface area contributed by atoms with Gasteiger partial charge in [0.1, 0.15) is 0 Å². The number of nitrogens with zero attached hydrogens (tertiary/aromatic N) is 3. The summed E-state index contributed by atoms with van der Waals surface area (Å²) in [5.41, 5.74) is 0. The standard InChI is InChI=1S/C9H12F3N3O/c1-14-2-3-15(6-8(14)16)5-7(4-13)9(10,11)12/h7H,2-3,5-6H2,1H3. The van der Waals surface area contributed by atoms with Crippen molar-refractivity contribution in [1.29, 1.82) is 5.26 Å². The average molecular weight is 235 g/mol. The molecule has 0 aliphatic carbocycles. The molecular formula is C9H12F3N3O. The van der Waals surface area contributed by atoms with Gasteiger partial charge in [0, 0.05) is 26.7 Å². The fourth-order valence-electron chi connectivity index (χ4n) is 1.44. The van der Waals surface area contributed by atoms with E-state index in [1.165, 1.54) is 15.9 Å². The highest BCUT2D eigenvalue weighted by atomic mass is 19.4. The van der Waals surface area contributed by atoms with Crippen molar-refractivity contribution in [3.8, 4) is 6.07 Å². The third-order valence-corrected chi connectivity index (χ3v) is 2.53. The monoisotopic (exact) mass is 235 g/mol. The number of rotatable bonds is 2. The van der Waals surface area contributed by atoms with E-state index in [9.17, 15) is 18.0 Å². The van der Waals surface area contributed by atoms with E-state index in [-0.39, 0.29) is 12.5 Å². The Balaban J connectivity index is 2.55. The molecular weight excluding hydrogens is 223 g/mol. The Kier molecular flexibility index (Phi) is 3.75. The van der Waals surface area contributed by atoms with E-state index in [1.54, 1.807) is 7.05 Å². The minimum Gasteiger partial charge on any atom is -0.343 e. The summed E-state index contributed by atoms with van der Waals surface area (Å²) in [6, 6.07) is 1.22. The lowest BCUT2D eigenvalue weighted by Crippen LogP contribution is -2.50. The van der Waals surface area contributed by atoms with Gasteiger partial charge in [-0.3, -0.25) is 9.69 Å². The van der Waals surface area contributed by atoms with Gasteiger partial charge in [-0.05, 0) is 0 Å². The summed E-state index contributed by atoms with van der Waals surface area (Å²) in [4.78, 5) is 14.1. The molecule has 0 aromatic carbocycles. The smallest absolute Gasteiger partial charge is 0.343 e. The minimum absolute atomic E-state index is 0.0508. The molecule has 90 valence electrons. The number of carbonyl (C=O) groups excluding carboxylic acids is 1. The first-order valence-corrected chi connectivity index (χ1v) is 4.77. The first-order chi connectivity index (χ1) is 7.34. The van der Waals surface area contributed by atoms with Gasteiger partial charge in [-0.25, -0.2) is 0 Å². The lowest BCUT2D eigenvalue weighted by molar-refractivity contribution is -0.165. The van der Waals surface area contributed by atoms with Gasteiger partial charge in [-0.2, -0.15) is 18.4 Å². The molecule has 0 aromatic heterocycles. The summed E-state index contributed by atoms with van der Waals surface area (Å²) in [5.74, 6) is -2.24. The Hall–Kier alpha value is -1.29. The second-order valence-corrected chi connectivity index (χ2v) is 3.77. The van der Waals surface area contributed by atoms with E-state index < -0.39 is 18.6 Å². The van der Waals surface area contributed by atoms with Crippen LogP contribution in [0, 0.1) is 17.2 Å². The van der Waals surface area contributed by atoms with Crippen LogP contribution < -0.4 is 0 Å². The molecule has 1 atom stereocenters. The van der Waals surface area contributed by atoms with Crippen LogP contribution in [0.4, 0.5) is 13.2 Å². The quantitative estimate of drug-likeness (QED) is 0.698. The molecule has 4 nitrogen and oxygen atoms in total. The number of carbonyl (C=O) groups is 1. The summed E-state index contributed by atoms with van der Waals surface area (Å²) < 4.78 is 36.9. The molecule has 0 aromatic rings. The number of piperazine rings is 1. The van der Waals surface area contributed by atoms with Crippen LogP contribution in [0.15, 0.2) is 0 Å². The van der Waals surface area contributed by atoms with Gasteiger partial charge in [0.25, 0.3) is 0 Å². The number of likely N-dealkylation sites (N-methyl/N-ethyl adjacent to an activating group) is 1. The average Bonchev–Trinajstić information content (AvgIpc) is 2.18. The van der Waals surface area contributed by atoms with Crippen molar-refractivity contribution < 1.29 is 18.0 Å². The second-order valence-electron chi connectivity index (χ2n) is 3.77. The molecule has 1 amide bonds. The molecule has 16 heavy (non-hydrogen) atoms. The van der Waals surface area contributed by atoms with E-state index in [0.29, 0.717) is 13.1 Å².